The third-order valence-electron chi connectivity index (χ3n) is 3.31. The molecule has 0 fully saturated rings. The maximum atomic E-state index is 5.42. The van der Waals surface area contributed by atoms with Gasteiger partial charge in [0, 0.05) is 6.54 Å². The molecular weight excluding hydrogens is 234 g/mol. The first-order chi connectivity index (χ1) is 9.15. The van der Waals surface area contributed by atoms with E-state index in [4.69, 9.17) is 4.74 Å². The number of hydrogen-bond acceptors (Lipinski definition) is 2. The zero-order valence-corrected chi connectivity index (χ0v) is 12.1. The molecule has 0 aromatic heterocycles. The molecule has 0 unspecified atom stereocenters. The van der Waals surface area contributed by atoms with E-state index in [1.807, 2.05) is 7.05 Å². The molecule has 2 rings (SSSR count). The lowest BCUT2D eigenvalue weighted by Gasteiger charge is -2.12. The second-order valence-corrected chi connectivity index (χ2v) is 4.87. The first-order valence-corrected chi connectivity index (χ1v) is 6.55. The van der Waals surface area contributed by atoms with Crippen LogP contribution in [0.4, 0.5) is 0 Å². The minimum atomic E-state index is 0.891. The van der Waals surface area contributed by atoms with E-state index in [-0.39, 0.29) is 0 Å². The Balaban J connectivity index is 2.44. The summed E-state index contributed by atoms with van der Waals surface area (Å²) < 4.78 is 5.42. The highest BCUT2D eigenvalue weighted by Gasteiger charge is 2.07. The molecule has 19 heavy (non-hydrogen) atoms. The lowest BCUT2D eigenvalue weighted by atomic mass is 9.98. The molecule has 2 heteroatoms. The number of methoxy groups -OCH3 is 1. The predicted octanol–water partition coefficient (Wildman–Crippen LogP) is 3.70. The molecule has 0 saturated heterocycles. The zero-order valence-electron chi connectivity index (χ0n) is 12.1. The van der Waals surface area contributed by atoms with E-state index in [2.05, 4.69) is 55.6 Å². The SMILES string of the molecule is CNCc1cccc(-c2cc(C)c(OC)c(C)c2)c1. The molecule has 2 aromatic rings. The third kappa shape index (κ3) is 2.96. The molecule has 0 radical (unpaired) electrons. The fourth-order valence-electron chi connectivity index (χ4n) is 2.50. The van der Waals surface area contributed by atoms with Crippen LogP contribution in [0.15, 0.2) is 36.4 Å². The van der Waals surface area contributed by atoms with Gasteiger partial charge in [-0.25, -0.2) is 0 Å². The number of hydrogen-bond donors (Lipinski definition) is 1. The van der Waals surface area contributed by atoms with Crippen LogP contribution in [0.25, 0.3) is 11.1 Å². The highest BCUT2D eigenvalue weighted by atomic mass is 16.5. The lowest BCUT2D eigenvalue weighted by molar-refractivity contribution is 0.408. The summed E-state index contributed by atoms with van der Waals surface area (Å²) in [5, 5.41) is 3.18. The number of aryl methyl sites for hydroxylation is 2. The van der Waals surface area contributed by atoms with Gasteiger partial charge in [0.1, 0.15) is 5.75 Å². The van der Waals surface area contributed by atoms with E-state index in [0.717, 1.165) is 12.3 Å². The van der Waals surface area contributed by atoms with Crippen LogP contribution in [0.1, 0.15) is 16.7 Å². The number of rotatable bonds is 4. The topological polar surface area (TPSA) is 21.3 Å². The van der Waals surface area contributed by atoms with Crippen molar-refractivity contribution in [3.63, 3.8) is 0 Å². The Hall–Kier alpha value is -1.80. The summed E-state index contributed by atoms with van der Waals surface area (Å²) in [4.78, 5) is 0. The van der Waals surface area contributed by atoms with Gasteiger partial charge in [-0.3, -0.25) is 0 Å². The van der Waals surface area contributed by atoms with Crippen LogP contribution in [0.3, 0.4) is 0 Å². The molecular formula is C17H21NO. The fraction of sp³-hybridized carbons (Fsp3) is 0.294. The van der Waals surface area contributed by atoms with Gasteiger partial charge in [-0.2, -0.15) is 0 Å². The van der Waals surface area contributed by atoms with Crippen molar-refractivity contribution in [2.24, 2.45) is 0 Å². The standard InChI is InChI=1S/C17H21NO/c1-12-8-16(9-13(2)17(12)19-4)15-7-5-6-14(10-15)11-18-3/h5-10,18H,11H2,1-4H3. The molecule has 0 aliphatic heterocycles. The molecule has 2 aromatic carbocycles. The summed E-state index contributed by atoms with van der Waals surface area (Å²) in [5.74, 6) is 0.982. The van der Waals surface area contributed by atoms with Gasteiger partial charge in [0.2, 0.25) is 0 Å². The molecule has 1 N–H and O–H groups in total. The van der Waals surface area contributed by atoms with Crippen LogP contribution in [-0.4, -0.2) is 14.2 Å². The van der Waals surface area contributed by atoms with Gasteiger partial charge in [-0.15, -0.1) is 0 Å². The summed E-state index contributed by atoms with van der Waals surface area (Å²) in [6.07, 6.45) is 0. The highest BCUT2D eigenvalue weighted by molar-refractivity contribution is 5.68. The van der Waals surface area contributed by atoms with Crippen LogP contribution in [0.5, 0.6) is 5.75 Å². The Morgan fingerprint density at radius 3 is 2.26 bits per heavy atom. The molecule has 100 valence electrons. The maximum Gasteiger partial charge on any atom is 0.124 e. The lowest BCUT2D eigenvalue weighted by Crippen LogP contribution is -2.04. The summed E-state index contributed by atoms with van der Waals surface area (Å²) in [5.41, 5.74) is 6.15. The van der Waals surface area contributed by atoms with Gasteiger partial charge >= 0.3 is 0 Å². The second kappa shape index (κ2) is 5.89. The smallest absolute Gasteiger partial charge is 0.124 e. The van der Waals surface area contributed by atoms with Crippen molar-refractivity contribution in [3.05, 3.63) is 53.1 Å². The highest BCUT2D eigenvalue weighted by Crippen LogP contribution is 2.30. The first-order valence-electron chi connectivity index (χ1n) is 6.55. The molecule has 0 spiro atoms. The van der Waals surface area contributed by atoms with Gasteiger partial charge < -0.3 is 10.1 Å². The summed E-state index contributed by atoms with van der Waals surface area (Å²) in [6.45, 7) is 5.07. The third-order valence-corrected chi connectivity index (χ3v) is 3.31. The Labute approximate surface area is 115 Å². The molecule has 0 aliphatic carbocycles. The first kappa shape index (κ1) is 13.6. The zero-order chi connectivity index (χ0) is 13.8. The van der Waals surface area contributed by atoms with Gasteiger partial charge in [-0.05, 0) is 66.9 Å². The normalized spacial score (nSPS) is 10.5. The van der Waals surface area contributed by atoms with Crippen LogP contribution >= 0.6 is 0 Å². The number of ether oxygens (including phenoxy) is 1. The molecule has 0 aliphatic rings. The quantitative estimate of drug-likeness (QED) is 0.899. The number of nitrogens with one attached hydrogen (secondary N) is 1. The molecule has 0 amide bonds. The van der Waals surface area contributed by atoms with Crippen LogP contribution in [-0.2, 0) is 6.54 Å². The monoisotopic (exact) mass is 255 g/mol. The molecule has 0 heterocycles. The Bertz CT molecular complexity index is 552. The largest absolute Gasteiger partial charge is 0.496 e. The maximum absolute atomic E-state index is 5.42. The van der Waals surface area contributed by atoms with E-state index in [9.17, 15) is 0 Å². The summed E-state index contributed by atoms with van der Waals surface area (Å²) in [6, 6.07) is 13.0. The summed E-state index contributed by atoms with van der Waals surface area (Å²) >= 11 is 0. The van der Waals surface area contributed by atoms with Crippen molar-refractivity contribution in [2.75, 3.05) is 14.2 Å². The van der Waals surface area contributed by atoms with Gasteiger partial charge in [0.15, 0.2) is 0 Å². The Kier molecular flexibility index (Phi) is 4.23. The van der Waals surface area contributed by atoms with E-state index >= 15 is 0 Å². The number of benzene rings is 2. The van der Waals surface area contributed by atoms with Crippen molar-refractivity contribution in [1.82, 2.24) is 5.32 Å². The Morgan fingerprint density at radius 1 is 1.00 bits per heavy atom. The van der Waals surface area contributed by atoms with E-state index in [1.165, 1.54) is 27.8 Å². The predicted molar refractivity (Wildman–Crippen MR) is 80.7 cm³/mol. The van der Waals surface area contributed by atoms with Gasteiger partial charge in [-0.1, -0.05) is 18.2 Å². The van der Waals surface area contributed by atoms with Crippen molar-refractivity contribution >= 4 is 0 Å². The van der Waals surface area contributed by atoms with Crippen molar-refractivity contribution < 1.29 is 4.74 Å². The minimum absolute atomic E-state index is 0.891. The van der Waals surface area contributed by atoms with Crippen molar-refractivity contribution in [1.29, 1.82) is 0 Å². The van der Waals surface area contributed by atoms with Crippen molar-refractivity contribution in [2.45, 2.75) is 20.4 Å². The minimum Gasteiger partial charge on any atom is -0.496 e. The average molecular weight is 255 g/mol. The van der Waals surface area contributed by atoms with Gasteiger partial charge in [0.25, 0.3) is 0 Å². The molecule has 0 atom stereocenters. The Morgan fingerprint density at radius 2 is 1.68 bits per heavy atom. The molecule has 0 bridgehead atoms. The van der Waals surface area contributed by atoms with Crippen LogP contribution < -0.4 is 10.1 Å². The van der Waals surface area contributed by atoms with Crippen molar-refractivity contribution in [3.8, 4) is 16.9 Å². The van der Waals surface area contributed by atoms with E-state index < -0.39 is 0 Å². The van der Waals surface area contributed by atoms with Crippen LogP contribution in [0, 0.1) is 13.8 Å². The van der Waals surface area contributed by atoms with Crippen LogP contribution in [0.2, 0.25) is 0 Å². The van der Waals surface area contributed by atoms with E-state index in [0.29, 0.717) is 0 Å². The molecule has 2 nitrogen and oxygen atoms in total. The molecule has 0 saturated carbocycles. The van der Waals surface area contributed by atoms with E-state index in [1.54, 1.807) is 7.11 Å². The van der Waals surface area contributed by atoms with Gasteiger partial charge in [0.05, 0.1) is 7.11 Å². The second-order valence-electron chi connectivity index (χ2n) is 4.87. The summed E-state index contributed by atoms with van der Waals surface area (Å²) in [7, 11) is 3.69. The average Bonchev–Trinajstić information content (AvgIpc) is 2.39. The fourth-order valence-corrected chi connectivity index (χ4v) is 2.50.